The van der Waals surface area contributed by atoms with E-state index in [9.17, 15) is 18.4 Å². The number of H-pyrrole nitrogens is 1. The molecule has 0 saturated carbocycles. The molecule has 2 aromatic carbocycles. The van der Waals surface area contributed by atoms with Gasteiger partial charge >= 0.3 is 6.61 Å². The van der Waals surface area contributed by atoms with Gasteiger partial charge in [0.2, 0.25) is 5.91 Å². The lowest BCUT2D eigenvalue weighted by Crippen LogP contribution is -2.26. The lowest BCUT2D eigenvalue weighted by molar-refractivity contribution is -0.130. The molecule has 0 saturated heterocycles. The van der Waals surface area contributed by atoms with Crippen LogP contribution in [-0.2, 0) is 17.8 Å². The molecule has 170 valence electrons. The van der Waals surface area contributed by atoms with Gasteiger partial charge in [-0.25, -0.2) is 4.98 Å². The van der Waals surface area contributed by atoms with Gasteiger partial charge in [0, 0.05) is 26.4 Å². The predicted octanol–water partition coefficient (Wildman–Crippen LogP) is 3.90. The first-order chi connectivity index (χ1) is 15.4. The molecule has 0 aliphatic heterocycles. The number of hydrogen-bond acceptors (Lipinski definition) is 5. The first-order valence-electron chi connectivity index (χ1n) is 10.3. The SMILES string of the molecule is CCOc1cc(CN(C)C(=O)CCCc2nc3ccccc3c(=O)[nH]2)ccc1OC(F)F. The molecule has 1 heterocycles. The molecule has 0 radical (unpaired) electrons. The van der Waals surface area contributed by atoms with Crippen LogP contribution >= 0.6 is 0 Å². The standard InChI is InChI=1S/C23H25F2N3O4/c1-3-31-19-13-15(11-12-18(19)32-23(24)25)14-28(2)21(29)10-6-9-20-26-17-8-5-4-7-16(17)22(30)27-20/h4-5,7-8,11-13,23H,3,6,9-10,14H2,1-2H3,(H,26,27,30). The Balaban J connectivity index is 1.57. The van der Waals surface area contributed by atoms with Gasteiger partial charge in [-0.05, 0) is 43.2 Å². The normalized spacial score (nSPS) is 11.0. The van der Waals surface area contributed by atoms with E-state index in [-0.39, 0.29) is 29.4 Å². The summed E-state index contributed by atoms with van der Waals surface area (Å²) in [5.74, 6) is 0.619. The minimum Gasteiger partial charge on any atom is -0.490 e. The number of carbonyl (C=O) groups excluding carboxylic acids is 1. The van der Waals surface area contributed by atoms with Crippen molar-refractivity contribution in [3.05, 3.63) is 64.2 Å². The smallest absolute Gasteiger partial charge is 0.387 e. The Morgan fingerprint density at radius 1 is 1.19 bits per heavy atom. The van der Waals surface area contributed by atoms with E-state index in [1.165, 1.54) is 6.07 Å². The van der Waals surface area contributed by atoms with Crippen LogP contribution in [0.2, 0.25) is 0 Å². The van der Waals surface area contributed by atoms with Crippen molar-refractivity contribution in [1.82, 2.24) is 14.9 Å². The van der Waals surface area contributed by atoms with Crippen LogP contribution in [0.5, 0.6) is 11.5 Å². The highest BCUT2D eigenvalue weighted by Crippen LogP contribution is 2.30. The number of fused-ring (bicyclic) bond motifs is 1. The lowest BCUT2D eigenvalue weighted by atomic mass is 10.1. The van der Waals surface area contributed by atoms with E-state index in [4.69, 9.17) is 4.74 Å². The fourth-order valence-electron chi connectivity index (χ4n) is 3.33. The summed E-state index contributed by atoms with van der Waals surface area (Å²) in [5, 5.41) is 0.531. The highest BCUT2D eigenvalue weighted by atomic mass is 19.3. The summed E-state index contributed by atoms with van der Waals surface area (Å²) in [4.78, 5) is 33.4. The quantitative estimate of drug-likeness (QED) is 0.512. The summed E-state index contributed by atoms with van der Waals surface area (Å²) in [6, 6.07) is 11.7. The molecule has 0 spiro atoms. The van der Waals surface area contributed by atoms with E-state index in [1.54, 1.807) is 49.2 Å². The summed E-state index contributed by atoms with van der Waals surface area (Å²) < 4.78 is 34.9. The van der Waals surface area contributed by atoms with Gasteiger partial charge in [0.05, 0.1) is 17.5 Å². The van der Waals surface area contributed by atoms with Gasteiger partial charge in [-0.3, -0.25) is 9.59 Å². The second-order valence-electron chi connectivity index (χ2n) is 7.23. The predicted molar refractivity (Wildman–Crippen MR) is 116 cm³/mol. The molecular weight excluding hydrogens is 420 g/mol. The van der Waals surface area contributed by atoms with E-state index in [0.717, 1.165) is 5.56 Å². The second-order valence-corrected chi connectivity index (χ2v) is 7.23. The third-order valence-electron chi connectivity index (χ3n) is 4.84. The van der Waals surface area contributed by atoms with E-state index >= 15 is 0 Å². The van der Waals surface area contributed by atoms with Crippen LogP contribution in [0.1, 0.15) is 31.2 Å². The summed E-state index contributed by atoms with van der Waals surface area (Å²) >= 11 is 0. The number of para-hydroxylation sites is 1. The molecule has 3 rings (SSSR count). The molecule has 1 aromatic heterocycles. The fraction of sp³-hybridized carbons (Fsp3) is 0.348. The van der Waals surface area contributed by atoms with Crippen molar-refractivity contribution in [2.45, 2.75) is 39.3 Å². The Bertz CT molecular complexity index is 1130. The number of rotatable bonds is 10. The Morgan fingerprint density at radius 3 is 2.72 bits per heavy atom. The van der Waals surface area contributed by atoms with Crippen molar-refractivity contribution in [1.29, 1.82) is 0 Å². The monoisotopic (exact) mass is 445 g/mol. The van der Waals surface area contributed by atoms with E-state index < -0.39 is 6.61 Å². The maximum absolute atomic E-state index is 12.5. The van der Waals surface area contributed by atoms with Gasteiger partial charge in [-0.15, -0.1) is 0 Å². The van der Waals surface area contributed by atoms with Gasteiger partial charge in [0.25, 0.3) is 5.56 Å². The molecule has 3 aromatic rings. The third kappa shape index (κ3) is 6.03. The summed E-state index contributed by atoms with van der Waals surface area (Å²) in [6.07, 6.45) is 1.27. The number of aryl methyl sites for hydroxylation is 1. The number of halogens is 2. The van der Waals surface area contributed by atoms with Crippen LogP contribution in [0.4, 0.5) is 8.78 Å². The summed E-state index contributed by atoms with van der Waals surface area (Å²) in [7, 11) is 1.67. The molecule has 32 heavy (non-hydrogen) atoms. The third-order valence-corrected chi connectivity index (χ3v) is 4.84. The zero-order chi connectivity index (χ0) is 23.1. The number of amides is 1. The molecular formula is C23H25F2N3O4. The molecule has 0 aliphatic carbocycles. The Hall–Kier alpha value is -3.49. The second kappa shape index (κ2) is 10.7. The first kappa shape index (κ1) is 23.2. The number of carbonyl (C=O) groups is 1. The maximum atomic E-state index is 12.5. The molecule has 0 aliphatic rings. The minimum atomic E-state index is -2.95. The topological polar surface area (TPSA) is 84.5 Å². The first-order valence-corrected chi connectivity index (χ1v) is 10.3. The average molecular weight is 445 g/mol. The van der Waals surface area contributed by atoms with Crippen molar-refractivity contribution in [3.63, 3.8) is 0 Å². The van der Waals surface area contributed by atoms with Gasteiger partial charge in [0.1, 0.15) is 5.82 Å². The number of ether oxygens (including phenoxy) is 2. The number of aromatic nitrogens is 2. The number of hydrogen-bond donors (Lipinski definition) is 1. The summed E-state index contributed by atoms with van der Waals surface area (Å²) in [5.41, 5.74) is 1.16. The maximum Gasteiger partial charge on any atom is 0.387 e. The minimum absolute atomic E-state index is 0.0449. The molecule has 7 nitrogen and oxygen atoms in total. The van der Waals surface area contributed by atoms with Crippen molar-refractivity contribution in [2.75, 3.05) is 13.7 Å². The van der Waals surface area contributed by atoms with E-state index in [2.05, 4.69) is 14.7 Å². The fourth-order valence-corrected chi connectivity index (χ4v) is 3.33. The molecule has 1 N–H and O–H groups in total. The Morgan fingerprint density at radius 2 is 1.97 bits per heavy atom. The molecule has 0 fully saturated rings. The Labute approximate surface area is 184 Å². The van der Waals surface area contributed by atoms with Crippen molar-refractivity contribution < 1.29 is 23.0 Å². The average Bonchev–Trinajstić information content (AvgIpc) is 2.75. The van der Waals surface area contributed by atoms with E-state index in [0.29, 0.717) is 42.7 Å². The number of alkyl halides is 2. The number of benzene rings is 2. The van der Waals surface area contributed by atoms with Gasteiger partial charge in [0.15, 0.2) is 11.5 Å². The van der Waals surface area contributed by atoms with Crippen LogP contribution < -0.4 is 15.0 Å². The van der Waals surface area contributed by atoms with Gasteiger partial charge < -0.3 is 19.4 Å². The van der Waals surface area contributed by atoms with Gasteiger partial charge in [-0.2, -0.15) is 8.78 Å². The van der Waals surface area contributed by atoms with Gasteiger partial charge in [-0.1, -0.05) is 18.2 Å². The molecule has 0 atom stereocenters. The Kier molecular flexibility index (Phi) is 7.75. The van der Waals surface area contributed by atoms with Crippen LogP contribution in [0.25, 0.3) is 10.9 Å². The highest BCUT2D eigenvalue weighted by molar-refractivity contribution is 5.77. The number of nitrogens with zero attached hydrogens (tertiary/aromatic N) is 2. The zero-order valence-electron chi connectivity index (χ0n) is 17.9. The summed E-state index contributed by atoms with van der Waals surface area (Å²) in [6.45, 7) is -0.621. The van der Waals surface area contributed by atoms with Crippen LogP contribution in [0.3, 0.4) is 0 Å². The molecule has 9 heteroatoms. The molecule has 0 unspecified atom stereocenters. The number of nitrogens with one attached hydrogen (secondary N) is 1. The molecule has 0 bridgehead atoms. The zero-order valence-corrected chi connectivity index (χ0v) is 17.9. The van der Waals surface area contributed by atoms with Crippen LogP contribution in [0.15, 0.2) is 47.3 Å². The van der Waals surface area contributed by atoms with E-state index in [1.807, 2.05) is 6.07 Å². The van der Waals surface area contributed by atoms with Crippen LogP contribution in [0, 0.1) is 0 Å². The molecule has 1 amide bonds. The van der Waals surface area contributed by atoms with Crippen molar-refractivity contribution >= 4 is 16.8 Å². The van der Waals surface area contributed by atoms with Crippen molar-refractivity contribution in [2.24, 2.45) is 0 Å². The largest absolute Gasteiger partial charge is 0.490 e. The number of aromatic amines is 1. The van der Waals surface area contributed by atoms with Crippen LogP contribution in [-0.4, -0.2) is 41.0 Å². The highest BCUT2D eigenvalue weighted by Gasteiger charge is 2.14. The van der Waals surface area contributed by atoms with Crippen molar-refractivity contribution in [3.8, 4) is 11.5 Å². The lowest BCUT2D eigenvalue weighted by Gasteiger charge is -2.19.